The molecule has 2 atom stereocenters. The number of likely N-dealkylation sites (N-methyl/N-ethyl adjacent to an activating group) is 1. The van der Waals surface area contributed by atoms with E-state index in [1.807, 2.05) is 30.7 Å². The number of para-hydroxylation sites is 1. The minimum Gasteiger partial charge on any atom is -0.489 e. The largest absolute Gasteiger partial charge is 0.489 e. The van der Waals surface area contributed by atoms with E-state index in [4.69, 9.17) is 21.3 Å². The average Bonchev–Trinajstić information content (AvgIpc) is 3.33. The highest BCUT2D eigenvalue weighted by atomic mass is 35.5. The van der Waals surface area contributed by atoms with E-state index in [9.17, 15) is 19.4 Å². The second-order valence-electron chi connectivity index (χ2n) is 11.4. The highest BCUT2D eigenvalue weighted by molar-refractivity contribution is 6.30. The van der Waals surface area contributed by atoms with Gasteiger partial charge in [-0.05, 0) is 74.2 Å². The van der Waals surface area contributed by atoms with E-state index in [-0.39, 0.29) is 17.6 Å². The van der Waals surface area contributed by atoms with Crippen molar-refractivity contribution in [1.82, 2.24) is 19.4 Å². The summed E-state index contributed by atoms with van der Waals surface area (Å²) >= 11 is 6.01. The van der Waals surface area contributed by atoms with Crippen molar-refractivity contribution in [2.45, 2.75) is 57.3 Å². The highest BCUT2D eigenvalue weighted by Gasteiger charge is 2.33. The van der Waals surface area contributed by atoms with Crippen LogP contribution in [0.25, 0.3) is 11.2 Å². The Morgan fingerprint density at radius 2 is 1.93 bits per heavy atom. The molecule has 0 radical (unpaired) electrons. The first-order chi connectivity index (χ1) is 20.7. The molecule has 0 aliphatic carbocycles. The molecule has 226 valence electrons. The van der Waals surface area contributed by atoms with Crippen LogP contribution in [0.5, 0.6) is 5.75 Å². The number of likely N-dealkylation sites (tertiary alicyclic amines) is 1. The molecule has 2 aliphatic heterocycles. The first kappa shape index (κ1) is 29.3. The smallest absolute Gasteiger partial charge is 0.354 e. The number of fused-ring (bicyclic) bond motifs is 2. The molecule has 11 heteroatoms. The Kier molecular flexibility index (Phi) is 8.26. The lowest BCUT2D eigenvalue weighted by Crippen LogP contribution is -2.37. The van der Waals surface area contributed by atoms with Gasteiger partial charge in [-0.15, -0.1) is 0 Å². The molecular formula is C32H35ClFN5O4. The van der Waals surface area contributed by atoms with Crippen LogP contribution in [-0.4, -0.2) is 68.5 Å². The van der Waals surface area contributed by atoms with Crippen LogP contribution in [0.2, 0.25) is 5.02 Å². The third kappa shape index (κ3) is 5.79. The molecule has 4 aromatic rings. The molecule has 43 heavy (non-hydrogen) atoms. The van der Waals surface area contributed by atoms with Crippen LogP contribution in [0.1, 0.15) is 65.6 Å². The predicted octanol–water partition coefficient (Wildman–Crippen LogP) is 5.64. The Morgan fingerprint density at radius 1 is 1.14 bits per heavy atom. The number of carboxylic acid groups (broad SMARTS) is 1. The summed E-state index contributed by atoms with van der Waals surface area (Å²) in [7, 11) is 2.00. The molecule has 0 spiro atoms. The molecule has 0 unspecified atom stereocenters. The first-order valence-electron chi connectivity index (χ1n) is 14.7. The molecule has 9 nitrogen and oxygen atoms in total. The number of aliphatic hydroxyl groups excluding tert-OH is 1. The number of benzene rings is 2. The third-order valence-corrected chi connectivity index (χ3v) is 8.95. The van der Waals surface area contributed by atoms with Crippen molar-refractivity contribution >= 4 is 34.4 Å². The summed E-state index contributed by atoms with van der Waals surface area (Å²) in [6.45, 7) is 4.79. The summed E-state index contributed by atoms with van der Waals surface area (Å²) in [5.41, 5.74) is 3.80. The number of imidazole rings is 1. The van der Waals surface area contributed by atoms with Crippen LogP contribution in [0.3, 0.4) is 0 Å². The van der Waals surface area contributed by atoms with E-state index >= 15 is 0 Å². The lowest BCUT2D eigenvalue weighted by molar-refractivity contribution is 0.0691. The van der Waals surface area contributed by atoms with Gasteiger partial charge in [0.1, 0.15) is 29.5 Å². The molecule has 1 saturated heterocycles. The zero-order valence-electron chi connectivity index (χ0n) is 24.2. The molecule has 2 N–H and O–H groups in total. The molecule has 0 bridgehead atoms. The molecule has 2 aromatic heterocycles. The summed E-state index contributed by atoms with van der Waals surface area (Å²) in [5.74, 6) is 0.428. The van der Waals surface area contributed by atoms with Gasteiger partial charge in [-0.1, -0.05) is 36.7 Å². The second kappa shape index (κ2) is 12.1. The molecular weight excluding hydrogens is 573 g/mol. The number of aromatic nitrogens is 3. The van der Waals surface area contributed by atoms with Gasteiger partial charge >= 0.3 is 5.97 Å². The summed E-state index contributed by atoms with van der Waals surface area (Å²) in [5, 5.41) is 20.3. The standard InChI is InChI=1S/C32H35ClFN5O4/c1-3-21(40)16-39-29(35-25-9-10-26(32(41)42)36-31(25)39)17-38-13-11-19(12-14-38)22-5-4-6-28-30(22)37(2)27(18-43-28)23-8-7-20(33)15-24(23)34/h4-10,15,19,21,27,40H,3,11-14,16-18H2,1-2H3,(H,41,42)/t21-,27+/m0/s1. The summed E-state index contributed by atoms with van der Waals surface area (Å²) in [4.78, 5) is 25.1. The number of ether oxygens (including phenoxy) is 1. The van der Waals surface area contributed by atoms with Crippen molar-refractivity contribution in [3.63, 3.8) is 0 Å². The fourth-order valence-electron chi connectivity index (χ4n) is 6.29. The Morgan fingerprint density at radius 3 is 2.65 bits per heavy atom. The number of carboxylic acids is 1. The number of carbonyl (C=O) groups is 1. The van der Waals surface area contributed by atoms with Crippen molar-refractivity contribution in [2.24, 2.45) is 0 Å². The maximum Gasteiger partial charge on any atom is 0.354 e. The Hall–Kier alpha value is -3.73. The van der Waals surface area contributed by atoms with Gasteiger partial charge in [0, 0.05) is 17.6 Å². The van der Waals surface area contributed by atoms with E-state index < -0.39 is 12.1 Å². The van der Waals surface area contributed by atoms with Gasteiger partial charge < -0.3 is 24.4 Å². The zero-order valence-corrected chi connectivity index (χ0v) is 25.0. The SMILES string of the molecule is CC[C@H](O)Cn1c(CN2CCC(c3cccc4c3N(C)[C@@H](c3ccc(Cl)cc3F)CO4)CC2)nc2ccc(C(=O)O)nc21. The topological polar surface area (TPSA) is 104 Å². The maximum atomic E-state index is 14.9. The van der Waals surface area contributed by atoms with Crippen LogP contribution in [0.15, 0.2) is 48.5 Å². The van der Waals surface area contributed by atoms with Crippen molar-refractivity contribution in [1.29, 1.82) is 0 Å². The lowest BCUT2D eigenvalue weighted by atomic mass is 9.87. The Bertz CT molecular complexity index is 1650. The zero-order chi connectivity index (χ0) is 30.2. The number of aliphatic hydroxyl groups is 1. The van der Waals surface area contributed by atoms with Gasteiger partial charge in [0.05, 0.1) is 30.9 Å². The van der Waals surface area contributed by atoms with E-state index in [1.54, 1.807) is 18.2 Å². The third-order valence-electron chi connectivity index (χ3n) is 8.72. The number of aromatic carboxylic acids is 1. The van der Waals surface area contributed by atoms with Crippen LogP contribution in [-0.2, 0) is 13.1 Å². The van der Waals surface area contributed by atoms with Crippen LogP contribution >= 0.6 is 11.6 Å². The lowest BCUT2D eigenvalue weighted by Gasteiger charge is -2.40. The monoisotopic (exact) mass is 607 g/mol. The Balaban J connectivity index is 1.21. The van der Waals surface area contributed by atoms with Crippen molar-refractivity contribution in [3.05, 3.63) is 82.0 Å². The highest BCUT2D eigenvalue weighted by Crippen LogP contribution is 2.46. The van der Waals surface area contributed by atoms with E-state index in [2.05, 4.69) is 20.9 Å². The number of hydrogen-bond acceptors (Lipinski definition) is 7. The summed E-state index contributed by atoms with van der Waals surface area (Å²) in [6.07, 6.45) is 1.81. The molecule has 2 aromatic carbocycles. The van der Waals surface area contributed by atoms with Crippen molar-refractivity contribution in [3.8, 4) is 5.75 Å². The second-order valence-corrected chi connectivity index (χ2v) is 11.8. The van der Waals surface area contributed by atoms with Crippen LogP contribution < -0.4 is 9.64 Å². The Labute approximate surface area is 254 Å². The van der Waals surface area contributed by atoms with Crippen molar-refractivity contribution < 1.29 is 24.1 Å². The molecule has 0 saturated carbocycles. The molecule has 1 fully saturated rings. The number of rotatable bonds is 8. The van der Waals surface area contributed by atoms with Gasteiger partial charge in [-0.3, -0.25) is 4.90 Å². The minimum absolute atomic E-state index is 0.0480. The number of hydrogen-bond donors (Lipinski definition) is 2. The fraction of sp³-hybridized carbons (Fsp3) is 0.406. The summed E-state index contributed by atoms with van der Waals surface area (Å²) in [6, 6.07) is 13.8. The average molecular weight is 608 g/mol. The molecule has 2 aliphatic rings. The first-order valence-corrected chi connectivity index (χ1v) is 15.0. The van der Waals surface area contributed by atoms with Gasteiger partial charge in [-0.25, -0.2) is 19.2 Å². The quantitative estimate of drug-likeness (QED) is 0.265. The maximum absolute atomic E-state index is 14.9. The van der Waals surface area contributed by atoms with Gasteiger partial charge in [0.15, 0.2) is 11.3 Å². The number of nitrogens with zero attached hydrogens (tertiary/aromatic N) is 5. The number of halogens is 2. The van der Waals surface area contributed by atoms with Crippen LogP contribution in [0.4, 0.5) is 10.1 Å². The van der Waals surface area contributed by atoms with E-state index in [0.717, 1.165) is 43.2 Å². The predicted molar refractivity (Wildman–Crippen MR) is 163 cm³/mol. The normalized spacial score (nSPS) is 18.4. The molecule has 6 rings (SSSR count). The fourth-order valence-corrected chi connectivity index (χ4v) is 6.45. The van der Waals surface area contributed by atoms with E-state index in [0.29, 0.717) is 53.8 Å². The molecule has 0 amide bonds. The van der Waals surface area contributed by atoms with E-state index in [1.165, 1.54) is 17.7 Å². The van der Waals surface area contributed by atoms with Gasteiger partial charge in [0.2, 0.25) is 0 Å². The number of pyridine rings is 1. The number of anilines is 1. The van der Waals surface area contributed by atoms with Crippen molar-refractivity contribution in [2.75, 3.05) is 31.6 Å². The minimum atomic E-state index is -1.10. The van der Waals surface area contributed by atoms with Gasteiger partial charge in [0.25, 0.3) is 0 Å². The van der Waals surface area contributed by atoms with Gasteiger partial charge in [-0.2, -0.15) is 0 Å². The molecule has 4 heterocycles. The van der Waals surface area contributed by atoms with Crippen LogP contribution in [0, 0.1) is 5.82 Å². The number of piperidine rings is 1. The summed E-state index contributed by atoms with van der Waals surface area (Å²) < 4.78 is 22.9.